The molecule has 1 nitrogen and oxygen atoms in total. The number of carbonyl (C=O) groups excluding carboxylic acids is 1. The van der Waals surface area contributed by atoms with Crippen LogP contribution in [0.3, 0.4) is 0 Å². The molecule has 8 heteroatoms. The summed E-state index contributed by atoms with van der Waals surface area (Å²) in [6.45, 7) is 0. The van der Waals surface area contributed by atoms with Gasteiger partial charge in [-0.15, -0.1) is 0 Å². The first-order valence-corrected chi connectivity index (χ1v) is 5.05. The second-order valence-electron chi connectivity index (χ2n) is 3.48. The molecule has 1 rings (SSSR count). The number of halogens is 7. The fourth-order valence-corrected chi connectivity index (χ4v) is 1.30. The van der Waals surface area contributed by atoms with Gasteiger partial charge in [0.05, 0.1) is 11.1 Å². The zero-order valence-corrected chi connectivity index (χ0v) is 9.70. The van der Waals surface area contributed by atoms with Crippen LogP contribution in [0.2, 0.25) is 0 Å². The van der Waals surface area contributed by atoms with Gasteiger partial charge in [0, 0.05) is 0 Å². The number of rotatable bonds is 2. The number of benzene rings is 1. The topological polar surface area (TPSA) is 17.1 Å². The molecule has 0 saturated heterocycles. The van der Waals surface area contributed by atoms with Crippen molar-refractivity contribution in [3.63, 3.8) is 0 Å². The molecule has 1 aromatic rings. The number of hydrogen-bond acceptors (Lipinski definition) is 1. The Labute approximate surface area is 108 Å². The zero-order valence-electron chi connectivity index (χ0n) is 8.94. The molecule has 0 atom stereocenters. The van der Waals surface area contributed by atoms with Crippen molar-refractivity contribution in [2.45, 2.75) is 12.4 Å². The third-order valence-corrected chi connectivity index (χ3v) is 2.14. The van der Waals surface area contributed by atoms with Crippen LogP contribution in [0.1, 0.15) is 16.7 Å². The molecule has 0 aliphatic rings. The lowest BCUT2D eigenvalue weighted by atomic mass is 10.0. The normalized spacial score (nSPS) is 13.0. The zero-order chi connectivity index (χ0) is 14.8. The van der Waals surface area contributed by atoms with Crippen molar-refractivity contribution < 1.29 is 31.1 Å². The summed E-state index contributed by atoms with van der Waals surface area (Å²) >= 11 is 4.92. The SMILES string of the molecule is O=C(Cl)/C=C/c1cc(C(F)(F)F)cc(C(F)(F)F)c1. The molecule has 0 aromatic heterocycles. The lowest BCUT2D eigenvalue weighted by molar-refractivity contribution is -0.143. The van der Waals surface area contributed by atoms with E-state index in [0.29, 0.717) is 18.2 Å². The Kier molecular flexibility index (Phi) is 4.29. The molecule has 0 N–H and O–H groups in total. The van der Waals surface area contributed by atoms with E-state index in [0.717, 1.165) is 6.08 Å². The Hall–Kier alpha value is -1.50. The van der Waals surface area contributed by atoms with Gasteiger partial charge in [-0.3, -0.25) is 4.79 Å². The molecule has 0 amide bonds. The fraction of sp³-hybridized carbons (Fsp3) is 0.182. The third kappa shape index (κ3) is 4.59. The Morgan fingerprint density at radius 1 is 0.947 bits per heavy atom. The Morgan fingerprint density at radius 2 is 1.37 bits per heavy atom. The summed E-state index contributed by atoms with van der Waals surface area (Å²) in [6.07, 6.45) is -8.40. The van der Waals surface area contributed by atoms with Crippen molar-refractivity contribution in [3.05, 3.63) is 41.0 Å². The fourth-order valence-electron chi connectivity index (χ4n) is 1.24. The predicted molar refractivity (Wildman–Crippen MR) is 56.3 cm³/mol. The molecule has 0 aliphatic heterocycles. The van der Waals surface area contributed by atoms with Crippen molar-refractivity contribution in [2.24, 2.45) is 0 Å². The second kappa shape index (κ2) is 5.24. The van der Waals surface area contributed by atoms with E-state index >= 15 is 0 Å². The highest BCUT2D eigenvalue weighted by atomic mass is 35.5. The maximum absolute atomic E-state index is 12.5. The van der Waals surface area contributed by atoms with Gasteiger partial charge in [-0.25, -0.2) is 0 Å². The van der Waals surface area contributed by atoms with Crippen LogP contribution in [0.25, 0.3) is 6.08 Å². The Morgan fingerprint density at radius 3 is 1.68 bits per heavy atom. The van der Waals surface area contributed by atoms with E-state index < -0.39 is 34.3 Å². The molecular weight excluding hydrogens is 298 g/mol. The van der Waals surface area contributed by atoms with E-state index in [1.807, 2.05) is 0 Å². The minimum atomic E-state index is -4.92. The van der Waals surface area contributed by atoms with Crippen LogP contribution in [-0.4, -0.2) is 5.24 Å². The summed E-state index contributed by atoms with van der Waals surface area (Å²) in [7, 11) is 0. The minimum absolute atomic E-state index is 0.000142. The molecule has 0 unspecified atom stereocenters. The van der Waals surface area contributed by atoms with Crippen molar-refractivity contribution in [1.29, 1.82) is 0 Å². The molecule has 0 radical (unpaired) electrons. The van der Waals surface area contributed by atoms with Gasteiger partial charge in [-0.2, -0.15) is 26.3 Å². The standard InChI is InChI=1S/C11H5ClF6O/c12-9(19)2-1-6-3-7(10(13,14)15)5-8(4-6)11(16,17)18/h1-5H/b2-1+. The number of alkyl halides is 6. The smallest absolute Gasteiger partial charge is 0.276 e. The van der Waals surface area contributed by atoms with Crippen molar-refractivity contribution >= 4 is 22.9 Å². The molecule has 0 heterocycles. The number of hydrogen-bond donors (Lipinski definition) is 0. The molecule has 0 saturated carbocycles. The minimum Gasteiger partial charge on any atom is -0.276 e. The van der Waals surface area contributed by atoms with Crippen molar-refractivity contribution in [1.82, 2.24) is 0 Å². The summed E-state index contributed by atoms with van der Waals surface area (Å²) in [5, 5.41) is -1.01. The van der Waals surface area contributed by atoms with E-state index in [4.69, 9.17) is 11.6 Å². The van der Waals surface area contributed by atoms with Gasteiger partial charge in [-0.1, -0.05) is 6.08 Å². The van der Waals surface area contributed by atoms with Crippen LogP contribution in [0.15, 0.2) is 24.3 Å². The summed E-state index contributed by atoms with van der Waals surface area (Å²) in [6, 6.07) is 0.983. The highest BCUT2D eigenvalue weighted by molar-refractivity contribution is 6.66. The van der Waals surface area contributed by atoms with Crippen LogP contribution < -0.4 is 0 Å². The Bertz CT molecular complexity index is 483. The van der Waals surface area contributed by atoms with E-state index in [2.05, 4.69) is 0 Å². The van der Waals surface area contributed by atoms with Gasteiger partial charge >= 0.3 is 12.4 Å². The maximum atomic E-state index is 12.5. The lowest BCUT2D eigenvalue weighted by Crippen LogP contribution is -2.11. The molecule has 1 aromatic carbocycles. The summed E-state index contributed by atoms with van der Waals surface area (Å²) < 4.78 is 74.7. The first kappa shape index (κ1) is 15.6. The van der Waals surface area contributed by atoms with E-state index in [-0.39, 0.29) is 6.07 Å². The largest absolute Gasteiger partial charge is 0.416 e. The Balaban J connectivity index is 3.37. The highest BCUT2D eigenvalue weighted by Gasteiger charge is 2.36. The first-order chi connectivity index (χ1) is 8.50. The van der Waals surface area contributed by atoms with Gasteiger partial charge < -0.3 is 0 Å². The van der Waals surface area contributed by atoms with E-state index in [1.165, 1.54) is 0 Å². The average molecular weight is 303 g/mol. The third-order valence-electron chi connectivity index (χ3n) is 2.02. The van der Waals surface area contributed by atoms with Crippen LogP contribution in [0, 0.1) is 0 Å². The van der Waals surface area contributed by atoms with Crippen molar-refractivity contribution in [2.75, 3.05) is 0 Å². The van der Waals surface area contributed by atoms with E-state index in [1.54, 1.807) is 0 Å². The molecule has 0 aliphatic carbocycles. The van der Waals surface area contributed by atoms with E-state index in [9.17, 15) is 31.1 Å². The van der Waals surface area contributed by atoms with Crippen LogP contribution in [-0.2, 0) is 17.1 Å². The highest BCUT2D eigenvalue weighted by Crippen LogP contribution is 2.36. The quantitative estimate of drug-likeness (QED) is 0.446. The summed E-state index contributed by atoms with van der Waals surface area (Å²) in [5.74, 6) is 0. The maximum Gasteiger partial charge on any atom is 0.416 e. The molecular formula is C11H5ClF6O. The van der Waals surface area contributed by atoms with Crippen LogP contribution >= 0.6 is 11.6 Å². The number of carbonyl (C=O) groups is 1. The van der Waals surface area contributed by atoms with Gasteiger partial charge in [0.1, 0.15) is 0 Å². The molecule has 19 heavy (non-hydrogen) atoms. The molecule has 0 bridgehead atoms. The van der Waals surface area contributed by atoms with Gasteiger partial charge in [0.2, 0.25) is 5.24 Å². The summed E-state index contributed by atoms with van der Waals surface area (Å²) in [5.41, 5.74) is -3.33. The van der Waals surface area contributed by atoms with Crippen molar-refractivity contribution in [3.8, 4) is 0 Å². The molecule has 104 valence electrons. The number of allylic oxidation sites excluding steroid dienone is 1. The molecule has 0 spiro atoms. The predicted octanol–water partition coefficient (Wildman–Crippen LogP) is 4.50. The monoisotopic (exact) mass is 302 g/mol. The van der Waals surface area contributed by atoms with Gasteiger partial charge in [-0.05, 0) is 41.4 Å². The lowest BCUT2D eigenvalue weighted by Gasteiger charge is -2.12. The second-order valence-corrected chi connectivity index (χ2v) is 3.85. The van der Waals surface area contributed by atoms with Crippen LogP contribution in [0.5, 0.6) is 0 Å². The first-order valence-electron chi connectivity index (χ1n) is 4.67. The van der Waals surface area contributed by atoms with Crippen LogP contribution in [0.4, 0.5) is 26.3 Å². The summed E-state index contributed by atoms with van der Waals surface area (Å²) in [4.78, 5) is 10.4. The molecule has 0 fully saturated rings. The van der Waals surface area contributed by atoms with Gasteiger partial charge in [0.15, 0.2) is 0 Å². The van der Waals surface area contributed by atoms with Gasteiger partial charge in [0.25, 0.3) is 0 Å². The average Bonchev–Trinajstić information content (AvgIpc) is 2.23.